The smallest absolute Gasteiger partial charge is 0.811 e. The van der Waals surface area contributed by atoms with Crippen LogP contribution in [0.1, 0.15) is 76.2 Å². The minimum atomic E-state index is -2.48. The van der Waals surface area contributed by atoms with E-state index in [1.54, 1.807) is 24.3 Å². The van der Waals surface area contributed by atoms with Crippen molar-refractivity contribution in [2.45, 2.75) is 54.6 Å². The largest absolute Gasteiger partial charge is 3.00 e. The first kappa shape index (κ1) is 26.6. The molecule has 0 spiro atoms. The maximum Gasteiger partial charge on any atom is 3.00 e. The quantitative estimate of drug-likeness (QED) is 0.0910. The first-order chi connectivity index (χ1) is 29.4. The van der Waals surface area contributed by atoms with Gasteiger partial charge in [-0.05, 0) is 70.6 Å². The molecule has 2 aromatic heterocycles. The second kappa shape index (κ2) is 17.1. The van der Waals surface area contributed by atoms with Crippen molar-refractivity contribution in [2.24, 2.45) is 5.41 Å². The van der Waals surface area contributed by atoms with Gasteiger partial charge in [0.05, 0.1) is 0 Å². The van der Waals surface area contributed by atoms with Gasteiger partial charge in [0.25, 0.3) is 0 Å². The third-order valence-electron chi connectivity index (χ3n) is 8.30. The van der Waals surface area contributed by atoms with Gasteiger partial charge >= 0.3 is 20.1 Å². The summed E-state index contributed by atoms with van der Waals surface area (Å²) >= 11 is 0. The van der Waals surface area contributed by atoms with Crippen LogP contribution in [-0.2, 0) is 26.5 Å². The molecule has 0 aliphatic rings. The normalized spacial score (nSPS) is 16.0. The van der Waals surface area contributed by atoms with E-state index in [4.69, 9.17) is 19.5 Å². The zero-order valence-corrected chi connectivity index (χ0v) is 32.2. The number of allylic oxidation sites excluding steroid dienone is 4. The van der Waals surface area contributed by atoms with Gasteiger partial charge in [-0.25, -0.2) is 0 Å². The van der Waals surface area contributed by atoms with Crippen LogP contribution in [0.5, 0.6) is 0 Å². The summed E-state index contributed by atoms with van der Waals surface area (Å²) in [6.07, 6.45) is 4.42. The molecule has 0 atom stereocenters. The Morgan fingerprint density at radius 2 is 1.64 bits per heavy atom. The van der Waals surface area contributed by atoms with Crippen molar-refractivity contribution in [3.63, 3.8) is 0 Å². The molecule has 0 aliphatic heterocycles. The molecular weight excluding hydrogens is 825 g/mol. The number of aryl methyl sites for hydroxylation is 3. The predicted octanol–water partition coefficient (Wildman–Crippen LogP) is 13.2. The number of rotatable bonds is 7. The molecule has 7 aromatic rings. The summed E-state index contributed by atoms with van der Waals surface area (Å²) in [5.41, 5.74) is 6.69. The van der Waals surface area contributed by atoms with Gasteiger partial charge in [-0.2, -0.15) is 6.21 Å². The van der Waals surface area contributed by atoms with Gasteiger partial charge in [0.2, 0.25) is 0 Å². The number of pyridine rings is 1. The number of benzene rings is 5. The standard InChI is InChI=1S/C29H27NO.C20H18N.Ir/c1-20(24-9-7-10-26-25-8-5-6-11-27(25)31-28(24)26)18-23(16-17-30)22-14-12-21(13-15-22)19-29(2,3)4;1-14-8-11-20(21-13-14)17-10-9-16(3)19(12-17)18-7-5-4-6-15(18)2;/h5-8,10-18H,19H2,1-4H3;4-9,11-13H,1-3H3;/q-2;-1;+3/b20-18+,23-16+;;/i19D2;1D3,2D3,3D3;. The maximum absolute atomic E-state index is 9.52. The molecule has 53 heavy (non-hydrogen) atoms. The Bertz CT molecular complexity index is 2830. The fourth-order valence-electron chi connectivity index (χ4n) is 5.91. The third-order valence-corrected chi connectivity index (χ3v) is 8.30. The van der Waals surface area contributed by atoms with E-state index >= 15 is 0 Å². The van der Waals surface area contributed by atoms with Crippen LogP contribution in [-0.4, -0.2) is 11.2 Å². The monoisotopic (exact) mass is 881 g/mol. The van der Waals surface area contributed by atoms with Crippen LogP contribution in [0.3, 0.4) is 0 Å². The van der Waals surface area contributed by atoms with Gasteiger partial charge in [-0.3, -0.25) is 0 Å². The Labute approximate surface area is 343 Å². The summed E-state index contributed by atoms with van der Waals surface area (Å²) in [4.78, 5) is 4.17. The summed E-state index contributed by atoms with van der Waals surface area (Å²) in [5.74, 6) is 0. The first-order valence-electron chi connectivity index (χ1n) is 22.3. The average Bonchev–Trinajstić information content (AvgIpc) is 3.61. The van der Waals surface area contributed by atoms with Crippen molar-refractivity contribution in [1.82, 2.24) is 4.98 Å². The number of hydrogen-bond acceptors (Lipinski definition) is 2. The van der Waals surface area contributed by atoms with E-state index in [0.29, 0.717) is 16.8 Å². The molecule has 0 bridgehead atoms. The van der Waals surface area contributed by atoms with Gasteiger partial charge in [0, 0.05) is 32.2 Å². The summed E-state index contributed by atoms with van der Waals surface area (Å²) in [7, 11) is 0. The predicted molar refractivity (Wildman–Crippen MR) is 221 cm³/mol. The van der Waals surface area contributed by atoms with Gasteiger partial charge in [-0.15, -0.1) is 58.7 Å². The van der Waals surface area contributed by atoms with Crippen molar-refractivity contribution in [3.8, 4) is 22.4 Å². The van der Waals surface area contributed by atoms with Crippen LogP contribution in [0.25, 0.3) is 60.9 Å². The van der Waals surface area contributed by atoms with E-state index < -0.39 is 32.3 Å². The first-order valence-corrected chi connectivity index (χ1v) is 16.8. The SMILES string of the molecule is [2H]C([2H])([2H])c1ccc(-c2[c-]cc(C([2H])([2H])[2H])c(-c3ccccc3C([2H])([2H])[2H])c2)nc1.[2H]C([2H])(c1ccc(C(=C/C=[N-])/C=C(\C)c2[c-]ccc3c2oc2ccccc23)cc1)C(C)(C)C.[Ir+3]. The number of aromatic nitrogens is 1. The van der Waals surface area contributed by atoms with Gasteiger partial charge < -0.3 is 14.8 Å². The second-order valence-corrected chi connectivity index (χ2v) is 13.4. The number of furan rings is 1. The Hall–Kier alpha value is -5.15. The summed E-state index contributed by atoms with van der Waals surface area (Å²) in [5, 5.41) is 11.6. The summed E-state index contributed by atoms with van der Waals surface area (Å²) in [6, 6.07) is 37.5. The molecular formula is C49H45IrN2O. The molecule has 2 heterocycles. The van der Waals surface area contributed by atoms with Gasteiger partial charge in [-0.1, -0.05) is 137 Å². The summed E-state index contributed by atoms with van der Waals surface area (Å²) in [6.45, 7) is 0.490. The van der Waals surface area contributed by atoms with E-state index in [1.165, 1.54) is 36.5 Å². The maximum atomic E-state index is 9.52. The molecule has 0 radical (unpaired) electrons. The molecule has 266 valence electrons. The van der Waals surface area contributed by atoms with Crippen molar-refractivity contribution in [3.05, 3.63) is 178 Å². The number of fused-ring (bicyclic) bond motifs is 3. The zero-order chi connectivity index (χ0) is 46.1. The molecule has 3 nitrogen and oxygen atoms in total. The van der Waals surface area contributed by atoms with Crippen LogP contribution in [0.2, 0.25) is 0 Å². The van der Waals surface area contributed by atoms with E-state index in [0.717, 1.165) is 50.4 Å². The fraction of sp³-hybridized carbons (Fsp3) is 0.184. The van der Waals surface area contributed by atoms with Crippen molar-refractivity contribution in [1.29, 1.82) is 0 Å². The van der Waals surface area contributed by atoms with E-state index in [1.807, 2.05) is 94.4 Å². The van der Waals surface area contributed by atoms with Gasteiger partial charge in [0.15, 0.2) is 0 Å². The van der Waals surface area contributed by atoms with Crippen LogP contribution >= 0.6 is 0 Å². The Morgan fingerprint density at radius 3 is 2.36 bits per heavy atom. The topological polar surface area (TPSA) is 48.3 Å². The molecule has 0 amide bonds. The van der Waals surface area contributed by atoms with Crippen LogP contribution < -0.4 is 0 Å². The molecule has 7 rings (SSSR count). The Balaban J connectivity index is 0.000000238. The molecule has 0 aliphatic carbocycles. The minimum absolute atomic E-state index is 0. The number of para-hydroxylation sites is 1. The summed E-state index contributed by atoms with van der Waals surface area (Å²) < 4.78 is 92.5. The second-order valence-electron chi connectivity index (χ2n) is 13.4. The van der Waals surface area contributed by atoms with Crippen molar-refractivity contribution in [2.75, 3.05) is 0 Å². The van der Waals surface area contributed by atoms with Crippen LogP contribution in [0, 0.1) is 38.1 Å². The molecule has 4 heteroatoms. The van der Waals surface area contributed by atoms with E-state index in [-0.39, 0.29) is 47.9 Å². The molecule has 5 aromatic carbocycles. The zero-order valence-electron chi connectivity index (χ0n) is 40.8. The Morgan fingerprint density at radius 1 is 0.868 bits per heavy atom. The van der Waals surface area contributed by atoms with E-state index in [9.17, 15) is 5.41 Å². The van der Waals surface area contributed by atoms with Crippen molar-refractivity contribution < 1.29 is 39.6 Å². The molecule has 0 fully saturated rings. The number of hydrogen-bond donors (Lipinski definition) is 0. The molecule has 0 saturated carbocycles. The van der Waals surface area contributed by atoms with Crippen molar-refractivity contribution >= 4 is 39.3 Å². The minimum Gasteiger partial charge on any atom is -0.811 e. The van der Waals surface area contributed by atoms with Crippen LogP contribution in [0.15, 0.2) is 132 Å². The van der Waals surface area contributed by atoms with Crippen LogP contribution in [0.4, 0.5) is 0 Å². The number of nitrogens with zero attached hydrogens (tertiary/aromatic N) is 2. The molecule has 0 N–H and O–H groups in total. The fourth-order valence-corrected chi connectivity index (χ4v) is 5.91. The van der Waals surface area contributed by atoms with E-state index in [2.05, 4.69) is 17.1 Å². The molecule has 0 saturated heterocycles. The average molecular weight is 881 g/mol. The van der Waals surface area contributed by atoms with Gasteiger partial charge in [0.1, 0.15) is 5.58 Å². The third kappa shape index (κ3) is 9.45. The molecule has 0 unspecified atom stereocenters. The Kier molecular flexibility index (Phi) is 8.59.